The molecule has 0 fully saturated rings. The van der Waals surface area contributed by atoms with Crippen molar-refractivity contribution in [3.8, 4) is 11.5 Å². The number of hydrogen-bond acceptors (Lipinski definition) is 5. The maximum Gasteiger partial charge on any atom is 0.230 e. The Morgan fingerprint density at radius 3 is 2.67 bits per heavy atom. The van der Waals surface area contributed by atoms with Crippen LogP contribution in [0.4, 0.5) is 5.69 Å². The van der Waals surface area contributed by atoms with Crippen molar-refractivity contribution in [3.05, 3.63) is 64.4 Å². The Bertz CT molecular complexity index is 846. The van der Waals surface area contributed by atoms with E-state index in [9.17, 15) is 4.79 Å². The van der Waals surface area contributed by atoms with Crippen LogP contribution < -0.4 is 10.1 Å². The summed E-state index contributed by atoms with van der Waals surface area (Å²) in [6.07, 6.45) is 3.64. The Labute approximate surface area is 144 Å². The Hall–Kier alpha value is -2.73. The first-order valence-electron chi connectivity index (χ1n) is 7.49. The highest BCUT2D eigenvalue weighted by Crippen LogP contribution is 2.27. The summed E-state index contributed by atoms with van der Waals surface area (Å²) in [5.41, 5.74) is 2.48. The van der Waals surface area contributed by atoms with Gasteiger partial charge in [-0.05, 0) is 49.7 Å². The second-order valence-electron chi connectivity index (χ2n) is 5.35. The van der Waals surface area contributed by atoms with E-state index in [1.807, 2.05) is 37.4 Å². The fourth-order valence-corrected chi connectivity index (χ4v) is 2.85. The van der Waals surface area contributed by atoms with Crippen LogP contribution in [0.15, 0.2) is 48.1 Å². The molecule has 0 saturated carbocycles. The Balaban J connectivity index is 1.64. The van der Waals surface area contributed by atoms with Crippen molar-refractivity contribution in [1.82, 2.24) is 9.97 Å². The molecule has 24 heavy (non-hydrogen) atoms. The van der Waals surface area contributed by atoms with Gasteiger partial charge in [0, 0.05) is 23.5 Å². The number of hydrogen-bond donors (Lipinski definition) is 1. The van der Waals surface area contributed by atoms with Gasteiger partial charge >= 0.3 is 0 Å². The maximum absolute atomic E-state index is 12.1. The third-order valence-electron chi connectivity index (χ3n) is 3.34. The minimum Gasteiger partial charge on any atom is -0.457 e. The number of carbonyl (C=O) groups is 1. The monoisotopic (exact) mass is 339 g/mol. The maximum atomic E-state index is 12.1. The van der Waals surface area contributed by atoms with Gasteiger partial charge in [0.15, 0.2) is 0 Å². The first-order chi connectivity index (χ1) is 11.6. The Morgan fingerprint density at radius 2 is 2.00 bits per heavy atom. The van der Waals surface area contributed by atoms with Gasteiger partial charge in [-0.2, -0.15) is 0 Å². The van der Waals surface area contributed by atoms with Crippen LogP contribution in [-0.2, 0) is 11.2 Å². The van der Waals surface area contributed by atoms with E-state index in [1.165, 1.54) is 0 Å². The predicted octanol–water partition coefficient (Wildman–Crippen LogP) is 4.13. The SMILES string of the molecule is Cc1nc(CC(=O)Nc2ccc(Oc3ccncc3)c(C)c2)cs1. The minimum absolute atomic E-state index is 0.0810. The second kappa shape index (κ2) is 7.23. The molecule has 0 spiro atoms. The lowest BCUT2D eigenvalue weighted by atomic mass is 10.2. The molecule has 2 aromatic heterocycles. The minimum atomic E-state index is -0.0810. The summed E-state index contributed by atoms with van der Waals surface area (Å²) < 4.78 is 5.81. The van der Waals surface area contributed by atoms with E-state index in [1.54, 1.807) is 35.9 Å². The number of nitrogens with zero attached hydrogens (tertiary/aromatic N) is 2. The number of aryl methyl sites for hydroxylation is 2. The van der Waals surface area contributed by atoms with Crippen molar-refractivity contribution in [2.24, 2.45) is 0 Å². The molecule has 0 aliphatic rings. The third-order valence-corrected chi connectivity index (χ3v) is 4.17. The largest absolute Gasteiger partial charge is 0.457 e. The number of aromatic nitrogens is 2. The van der Waals surface area contributed by atoms with Crippen LogP contribution in [0, 0.1) is 13.8 Å². The Morgan fingerprint density at radius 1 is 1.21 bits per heavy atom. The predicted molar refractivity (Wildman–Crippen MR) is 94.7 cm³/mol. The van der Waals surface area contributed by atoms with Gasteiger partial charge in [0.2, 0.25) is 5.91 Å². The van der Waals surface area contributed by atoms with E-state index >= 15 is 0 Å². The quantitative estimate of drug-likeness (QED) is 0.759. The number of carbonyl (C=O) groups excluding carboxylic acids is 1. The highest BCUT2D eigenvalue weighted by Gasteiger charge is 2.08. The summed E-state index contributed by atoms with van der Waals surface area (Å²) in [4.78, 5) is 20.4. The molecule has 0 atom stereocenters. The molecule has 0 unspecified atom stereocenters. The molecule has 5 nitrogen and oxygen atoms in total. The summed E-state index contributed by atoms with van der Waals surface area (Å²) >= 11 is 1.55. The molecular formula is C18H17N3O2S. The number of anilines is 1. The number of pyridine rings is 1. The average molecular weight is 339 g/mol. The van der Waals surface area contributed by atoms with E-state index in [4.69, 9.17) is 4.74 Å². The van der Waals surface area contributed by atoms with Gasteiger partial charge < -0.3 is 10.1 Å². The van der Waals surface area contributed by atoms with Crippen molar-refractivity contribution in [2.75, 3.05) is 5.32 Å². The van der Waals surface area contributed by atoms with Crippen LogP contribution in [0.5, 0.6) is 11.5 Å². The molecule has 0 bridgehead atoms. The number of thiazole rings is 1. The van der Waals surface area contributed by atoms with Crippen molar-refractivity contribution in [1.29, 1.82) is 0 Å². The molecular weight excluding hydrogens is 322 g/mol. The van der Waals surface area contributed by atoms with Gasteiger partial charge in [-0.1, -0.05) is 0 Å². The summed E-state index contributed by atoms with van der Waals surface area (Å²) in [7, 11) is 0. The molecule has 1 amide bonds. The molecule has 6 heteroatoms. The number of ether oxygens (including phenoxy) is 1. The highest BCUT2D eigenvalue weighted by atomic mass is 32.1. The molecule has 1 aromatic carbocycles. The van der Waals surface area contributed by atoms with E-state index < -0.39 is 0 Å². The van der Waals surface area contributed by atoms with Crippen molar-refractivity contribution >= 4 is 22.9 Å². The van der Waals surface area contributed by atoms with Gasteiger partial charge in [0.1, 0.15) is 11.5 Å². The zero-order chi connectivity index (χ0) is 16.9. The highest BCUT2D eigenvalue weighted by molar-refractivity contribution is 7.09. The second-order valence-corrected chi connectivity index (χ2v) is 6.41. The van der Waals surface area contributed by atoms with Crippen molar-refractivity contribution in [2.45, 2.75) is 20.3 Å². The molecule has 122 valence electrons. The number of rotatable bonds is 5. The van der Waals surface area contributed by atoms with Crippen LogP contribution in [0.2, 0.25) is 0 Å². The van der Waals surface area contributed by atoms with Crippen molar-refractivity contribution in [3.63, 3.8) is 0 Å². The molecule has 0 saturated heterocycles. The van der Waals surface area contributed by atoms with Crippen LogP contribution in [0.25, 0.3) is 0 Å². The standard InChI is InChI=1S/C18H17N3O2S/c1-12-9-14(21-18(22)10-15-11-24-13(2)20-15)3-4-17(12)23-16-5-7-19-8-6-16/h3-9,11H,10H2,1-2H3,(H,21,22). The molecule has 0 aliphatic heterocycles. The molecule has 3 aromatic rings. The lowest BCUT2D eigenvalue weighted by molar-refractivity contribution is -0.115. The smallest absolute Gasteiger partial charge is 0.230 e. The summed E-state index contributed by atoms with van der Waals surface area (Å²) in [5, 5.41) is 5.76. The Kier molecular flexibility index (Phi) is 4.86. The summed E-state index contributed by atoms with van der Waals surface area (Å²) in [6.45, 7) is 3.87. The van der Waals surface area contributed by atoms with Gasteiger partial charge in [0.25, 0.3) is 0 Å². The van der Waals surface area contributed by atoms with Gasteiger partial charge in [-0.3, -0.25) is 9.78 Å². The number of benzene rings is 1. The first-order valence-corrected chi connectivity index (χ1v) is 8.37. The zero-order valence-electron chi connectivity index (χ0n) is 13.4. The number of nitrogens with one attached hydrogen (secondary N) is 1. The normalized spacial score (nSPS) is 10.4. The number of amides is 1. The summed E-state index contributed by atoms with van der Waals surface area (Å²) in [5.74, 6) is 1.39. The van der Waals surface area contributed by atoms with E-state index in [-0.39, 0.29) is 12.3 Å². The fraction of sp³-hybridized carbons (Fsp3) is 0.167. The van der Waals surface area contributed by atoms with Gasteiger partial charge in [-0.15, -0.1) is 11.3 Å². The molecule has 3 rings (SSSR count). The van der Waals surface area contributed by atoms with Crippen molar-refractivity contribution < 1.29 is 9.53 Å². The van der Waals surface area contributed by atoms with Gasteiger partial charge in [-0.25, -0.2) is 4.98 Å². The first kappa shape index (κ1) is 16.1. The van der Waals surface area contributed by atoms with E-state index in [0.29, 0.717) is 0 Å². The van der Waals surface area contributed by atoms with Crippen LogP contribution in [-0.4, -0.2) is 15.9 Å². The lowest BCUT2D eigenvalue weighted by Crippen LogP contribution is -2.14. The summed E-state index contributed by atoms with van der Waals surface area (Å²) in [6, 6.07) is 9.16. The zero-order valence-corrected chi connectivity index (χ0v) is 14.3. The van der Waals surface area contributed by atoms with Crippen LogP contribution in [0.1, 0.15) is 16.3 Å². The average Bonchev–Trinajstić information content (AvgIpc) is 2.96. The topological polar surface area (TPSA) is 64.1 Å². The molecule has 0 aliphatic carbocycles. The van der Waals surface area contributed by atoms with Crippen LogP contribution in [0.3, 0.4) is 0 Å². The van der Waals surface area contributed by atoms with Crippen LogP contribution >= 0.6 is 11.3 Å². The third kappa shape index (κ3) is 4.17. The van der Waals surface area contributed by atoms with E-state index in [2.05, 4.69) is 15.3 Å². The molecule has 0 radical (unpaired) electrons. The molecule has 1 N–H and O–H groups in total. The van der Waals surface area contributed by atoms with Gasteiger partial charge in [0.05, 0.1) is 17.1 Å². The fourth-order valence-electron chi connectivity index (χ4n) is 2.23. The van der Waals surface area contributed by atoms with E-state index in [0.717, 1.165) is 33.5 Å². The lowest BCUT2D eigenvalue weighted by Gasteiger charge is -2.11. The molecule has 2 heterocycles.